The number of amides is 2. The first kappa shape index (κ1) is 19.2. The zero-order valence-electron chi connectivity index (χ0n) is 18.5. The third-order valence-electron chi connectivity index (χ3n) is 11.1. The van der Waals surface area contributed by atoms with Crippen LogP contribution in [-0.4, -0.2) is 19.6 Å². The van der Waals surface area contributed by atoms with Gasteiger partial charge in [0.2, 0.25) is 0 Å². The molecule has 3 heteroatoms. The van der Waals surface area contributed by atoms with Crippen molar-refractivity contribution in [1.29, 1.82) is 0 Å². The van der Waals surface area contributed by atoms with Crippen molar-refractivity contribution in [2.45, 2.75) is 90.9 Å². The van der Waals surface area contributed by atoms with Gasteiger partial charge in [-0.25, -0.2) is 4.79 Å². The van der Waals surface area contributed by atoms with Crippen molar-refractivity contribution in [3.05, 3.63) is 0 Å². The van der Waals surface area contributed by atoms with Crippen LogP contribution in [0, 0.1) is 45.8 Å². The van der Waals surface area contributed by atoms with Crippen molar-refractivity contribution >= 4 is 6.03 Å². The van der Waals surface area contributed by atoms with E-state index in [9.17, 15) is 4.79 Å². The maximum absolute atomic E-state index is 11.4. The van der Waals surface area contributed by atoms with Gasteiger partial charge in [0, 0.05) is 13.6 Å². The molecule has 0 saturated heterocycles. The summed E-state index contributed by atoms with van der Waals surface area (Å²) >= 11 is 0. The van der Waals surface area contributed by atoms with Crippen molar-refractivity contribution in [2.24, 2.45) is 45.8 Å². The van der Waals surface area contributed by atoms with Crippen LogP contribution in [0.15, 0.2) is 0 Å². The standard InChI is InChI=1S/C25H42N2O/c1-4-17-16-25-20-11-10-18(8-7-15-27-22(28)26-3)23(20,2)14-12-21(25)24(25)13-6-5-9-19(17)24/h17-21H,4-16H2,1-3H3,(H2,26,27,28)/t17-,18?,19?,20?,21+,23?,24?,25?/m0/s1. The van der Waals surface area contributed by atoms with Gasteiger partial charge in [0.05, 0.1) is 0 Å². The highest BCUT2D eigenvalue weighted by Crippen LogP contribution is 2.92. The Hall–Kier alpha value is -0.730. The summed E-state index contributed by atoms with van der Waals surface area (Å²) in [5.41, 5.74) is 2.11. The predicted molar refractivity (Wildman–Crippen MR) is 114 cm³/mol. The zero-order chi connectivity index (χ0) is 19.6. The molecule has 2 amide bonds. The Labute approximate surface area is 172 Å². The van der Waals surface area contributed by atoms with Crippen LogP contribution in [0.5, 0.6) is 0 Å². The largest absolute Gasteiger partial charge is 0.341 e. The SMILES string of the molecule is CC[C@H]1CC23C4CCC(CCCNC(=O)NC)C4(C)CC[C@@H]2C32CCCCC12. The fraction of sp³-hybridized carbons (Fsp3) is 0.960. The summed E-state index contributed by atoms with van der Waals surface area (Å²) in [5.74, 6) is 5.11. The average Bonchev–Trinajstić information content (AvgIpc) is 2.97. The third-order valence-corrected chi connectivity index (χ3v) is 11.1. The van der Waals surface area contributed by atoms with E-state index in [1.807, 2.05) is 0 Å². The number of nitrogens with one attached hydrogen (secondary N) is 2. The lowest BCUT2D eigenvalue weighted by molar-refractivity contribution is 0.0275. The topological polar surface area (TPSA) is 41.1 Å². The fourth-order valence-corrected chi connectivity index (χ4v) is 10.3. The van der Waals surface area contributed by atoms with Crippen LogP contribution < -0.4 is 10.6 Å². The van der Waals surface area contributed by atoms with Gasteiger partial charge in [-0.15, -0.1) is 0 Å². The van der Waals surface area contributed by atoms with Gasteiger partial charge in [0.25, 0.3) is 0 Å². The highest BCUT2D eigenvalue weighted by atomic mass is 16.2. The Balaban J connectivity index is 1.32. The Morgan fingerprint density at radius 2 is 1.89 bits per heavy atom. The molecule has 8 atom stereocenters. The van der Waals surface area contributed by atoms with Crippen LogP contribution in [0.1, 0.15) is 90.9 Å². The molecule has 0 radical (unpaired) electrons. The molecule has 2 spiro atoms. The molecule has 158 valence electrons. The normalized spacial score (nSPS) is 50.9. The molecule has 5 saturated carbocycles. The van der Waals surface area contributed by atoms with E-state index in [-0.39, 0.29) is 6.03 Å². The lowest BCUT2D eigenvalue weighted by atomic mass is 9.59. The first-order valence-electron chi connectivity index (χ1n) is 12.5. The quantitative estimate of drug-likeness (QED) is 0.581. The van der Waals surface area contributed by atoms with Gasteiger partial charge in [0.1, 0.15) is 0 Å². The second-order valence-electron chi connectivity index (χ2n) is 11.4. The van der Waals surface area contributed by atoms with E-state index in [4.69, 9.17) is 0 Å². The summed E-state index contributed by atoms with van der Waals surface area (Å²) in [5, 5.41) is 5.66. The molecular formula is C25H42N2O. The maximum Gasteiger partial charge on any atom is 0.314 e. The summed E-state index contributed by atoms with van der Waals surface area (Å²) in [6.45, 7) is 5.99. The van der Waals surface area contributed by atoms with E-state index in [1.165, 1.54) is 51.4 Å². The molecule has 0 aromatic rings. The second kappa shape index (κ2) is 6.64. The number of carbonyl (C=O) groups excluding carboxylic acids is 1. The summed E-state index contributed by atoms with van der Waals surface area (Å²) in [6.07, 6.45) is 17.6. The van der Waals surface area contributed by atoms with Crippen LogP contribution in [0.25, 0.3) is 0 Å². The molecule has 0 bridgehead atoms. The molecule has 28 heavy (non-hydrogen) atoms. The van der Waals surface area contributed by atoms with Gasteiger partial charge < -0.3 is 10.6 Å². The van der Waals surface area contributed by atoms with Gasteiger partial charge >= 0.3 is 6.03 Å². The summed E-state index contributed by atoms with van der Waals surface area (Å²) in [6, 6.07) is -0.0327. The van der Waals surface area contributed by atoms with Crippen LogP contribution >= 0.6 is 0 Å². The van der Waals surface area contributed by atoms with Crippen LogP contribution in [-0.2, 0) is 0 Å². The molecule has 0 heterocycles. The molecule has 5 aliphatic rings. The number of urea groups is 1. The second-order valence-corrected chi connectivity index (χ2v) is 11.4. The number of carbonyl (C=O) groups is 1. The van der Waals surface area contributed by atoms with Gasteiger partial charge in [-0.05, 0) is 104 Å². The summed E-state index contributed by atoms with van der Waals surface area (Å²) in [7, 11) is 1.70. The minimum absolute atomic E-state index is 0.0327. The number of fused-ring (bicyclic) bond motifs is 1. The molecule has 0 aromatic heterocycles. The van der Waals surface area contributed by atoms with Crippen LogP contribution in [0.3, 0.4) is 0 Å². The Morgan fingerprint density at radius 3 is 2.68 bits per heavy atom. The lowest BCUT2D eigenvalue weighted by Crippen LogP contribution is -2.39. The maximum atomic E-state index is 11.4. The molecule has 5 aliphatic carbocycles. The molecule has 0 aromatic carbocycles. The smallest absolute Gasteiger partial charge is 0.314 e. The van der Waals surface area contributed by atoms with Gasteiger partial charge in [-0.3, -0.25) is 0 Å². The molecule has 0 aliphatic heterocycles. The summed E-state index contributed by atoms with van der Waals surface area (Å²) < 4.78 is 0. The van der Waals surface area contributed by atoms with E-state index >= 15 is 0 Å². The van der Waals surface area contributed by atoms with Gasteiger partial charge in [0.15, 0.2) is 0 Å². The summed E-state index contributed by atoms with van der Waals surface area (Å²) in [4.78, 5) is 11.4. The zero-order valence-corrected chi connectivity index (χ0v) is 18.5. The third kappa shape index (κ3) is 2.25. The van der Waals surface area contributed by atoms with Crippen molar-refractivity contribution in [3.8, 4) is 0 Å². The molecule has 5 fully saturated rings. The first-order valence-corrected chi connectivity index (χ1v) is 12.5. The molecule has 5 rings (SSSR count). The predicted octanol–water partition coefficient (Wildman–Crippen LogP) is 5.74. The number of hydrogen-bond donors (Lipinski definition) is 2. The van der Waals surface area contributed by atoms with Crippen molar-refractivity contribution in [2.75, 3.05) is 13.6 Å². The molecule has 6 unspecified atom stereocenters. The van der Waals surface area contributed by atoms with Crippen LogP contribution in [0.2, 0.25) is 0 Å². The Kier molecular flexibility index (Phi) is 4.56. The van der Waals surface area contributed by atoms with E-state index in [0.717, 1.165) is 53.4 Å². The highest BCUT2D eigenvalue weighted by Gasteiger charge is 2.86. The molecular weight excluding hydrogens is 344 g/mol. The molecule has 3 nitrogen and oxygen atoms in total. The number of hydrogen-bond acceptors (Lipinski definition) is 1. The minimum Gasteiger partial charge on any atom is -0.341 e. The van der Waals surface area contributed by atoms with Crippen LogP contribution in [0.4, 0.5) is 4.79 Å². The van der Waals surface area contributed by atoms with Crippen molar-refractivity contribution < 1.29 is 4.79 Å². The first-order chi connectivity index (χ1) is 13.5. The van der Waals surface area contributed by atoms with E-state index < -0.39 is 0 Å². The van der Waals surface area contributed by atoms with E-state index in [1.54, 1.807) is 26.3 Å². The highest BCUT2D eigenvalue weighted by molar-refractivity contribution is 5.73. The minimum atomic E-state index is -0.0327. The molecule has 2 N–H and O–H groups in total. The average molecular weight is 387 g/mol. The van der Waals surface area contributed by atoms with Gasteiger partial charge in [-0.2, -0.15) is 0 Å². The number of rotatable bonds is 5. The van der Waals surface area contributed by atoms with E-state index in [0.29, 0.717) is 5.41 Å². The van der Waals surface area contributed by atoms with E-state index in [2.05, 4.69) is 24.5 Å². The fourth-order valence-electron chi connectivity index (χ4n) is 10.3. The van der Waals surface area contributed by atoms with Crippen molar-refractivity contribution in [3.63, 3.8) is 0 Å². The lowest BCUT2D eigenvalue weighted by Gasteiger charge is -2.46. The van der Waals surface area contributed by atoms with Gasteiger partial charge in [-0.1, -0.05) is 33.1 Å². The Morgan fingerprint density at radius 1 is 1.04 bits per heavy atom. The monoisotopic (exact) mass is 386 g/mol. The Bertz CT molecular complexity index is 634. The van der Waals surface area contributed by atoms with Crippen molar-refractivity contribution in [1.82, 2.24) is 10.6 Å².